The number of anilines is 3. The third-order valence-electron chi connectivity index (χ3n) is 3.60. The van der Waals surface area contributed by atoms with E-state index in [-0.39, 0.29) is 33.8 Å². The highest BCUT2D eigenvalue weighted by Gasteiger charge is 2.12. The zero-order valence-electron chi connectivity index (χ0n) is 14.4. The Morgan fingerprint density at radius 3 is 2.74 bits per heavy atom. The average Bonchev–Trinajstić information content (AvgIpc) is 3.00. The summed E-state index contributed by atoms with van der Waals surface area (Å²) >= 11 is 6.09. The molecule has 0 radical (unpaired) electrons. The van der Waals surface area contributed by atoms with E-state index in [2.05, 4.69) is 25.7 Å². The molecule has 3 aromatic rings. The molecule has 0 unspecified atom stereocenters. The first-order chi connectivity index (χ1) is 12.7. The molecule has 142 valence electrons. The van der Waals surface area contributed by atoms with E-state index in [0.29, 0.717) is 5.69 Å². The van der Waals surface area contributed by atoms with Crippen LogP contribution in [0.15, 0.2) is 41.7 Å². The summed E-state index contributed by atoms with van der Waals surface area (Å²) in [6, 6.07) is 3.62. The first kappa shape index (κ1) is 19.1. The van der Waals surface area contributed by atoms with Gasteiger partial charge in [0.2, 0.25) is 5.95 Å². The van der Waals surface area contributed by atoms with Gasteiger partial charge in [0.05, 0.1) is 23.0 Å². The van der Waals surface area contributed by atoms with Crippen molar-refractivity contribution in [2.45, 2.75) is 11.4 Å². The van der Waals surface area contributed by atoms with Crippen LogP contribution in [-0.2, 0) is 23.4 Å². The number of halogens is 2. The molecule has 0 saturated carbocycles. The van der Waals surface area contributed by atoms with Crippen LogP contribution in [0.4, 0.5) is 21.8 Å². The van der Waals surface area contributed by atoms with Crippen molar-refractivity contribution in [3.63, 3.8) is 0 Å². The molecule has 27 heavy (non-hydrogen) atoms. The third kappa shape index (κ3) is 4.72. The van der Waals surface area contributed by atoms with Gasteiger partial charge in [0, 0.05) is 31.6 Å². The van der Waals surface area contributed by atoms with E-state index in [9.17, 15) is 12.8 Å². The smallest absolute Gasteiger partial charge is 0.229 e. The summed E-state index contributed by atoms with van der Waals surface area (Å²) in [4.78, 5) is 8.36. The van der Waals surface area contributed by atoms with Crippen LogP contribution in [0.2, 0.25) is 5.02 Å². The number of aromatic nitrogens is 4. The summed E-state index contributed by atoms with van der Waals surface area (Å²) in [5.74, 6) is 0.0243. The highest BCUT2D eigenvalue weighted by Crippen LogP contribution is 2.23. The lowest BCUT2D eigenvalue weighted by molar-refractivity contribution is 0.597. The SMILES string of the molecule is Cn1cc(Nc2ncc(Cl)c(NCc3cc(S(C)(=O)=O)ccc3F)n2)cn1. The van der Waals surface area contributed by atoms with Crippen LogP contribution in [0.3, 0.4) is 0 Å². The Morgan fingerprint density at radius 1 is 1.30 bits per heavy atom. The van der Waals surface area contributed by atoms with Crippen molar-refractivity contribution in [2.24, 2.45) is 7.05 Å². The Morgan fingerprint density at radius 2 is 2.07 bits per heavy atom. The fraction of sp³-hybridized carbons (Fsp3) is 0.188. The first-order valence-electron chi connectivity index (χ1n) is 7.73. The van der Waals surface area contributed by atoms with Gasteiger partial charge >= 0.3 is 0 Å². The van der Waals surface area contributed by atoms with Gasteiger partial charge in [0.15, 0.2) is 15.7 Å². The largest absolute Gasteiger partial charge is 0.364 e. The second-order valence-electron chi connectivity index (χ2n) is 5.80. The van der Waals surface area contributed by atoms with Crippen LogP contribution in [0, 0.1) is 5.82 Å². The molecule has 1 aromatic carbocycles. The second-order valence-corrected chi connectivity index (χ2v) is 8.22. The van der Waals surface area contributed by atoms with Crippen molar-refractivity contribution in [3.05, 3.63) is 53.2 Å². The molecule has 0 aliphatic heterocycles. The topological polar surface area (TPSA) is 102 Å². The average molecular weight is 411 g/mol. The molecule has 0 bridgehead atoms. The molecule has 0 amide bonds. The fourth-order valence-corrected chi connectivity index (χ4v) is 3.09. The summed E-state index contributed by atoms with van der Waals surface area (Å²) in [6.07, 6.45) is 5.82. The van der Waals surface area contributed by atoms with Crippen LogP contribution in [0.5, 0.6) is 0 Å². The second kappa shape index (κ2) is 7.49. The van der Waals surface area contributed by atoms with E-state index in [4.69, 9.17) is 11.6 Å². The summed E-state index contributed by atoms with van der Waals surface area (Å²) in [5.41, 5.74) is 0.868. The summed E-state index contributed by atoms with van der Waals surface area (Å²) in [7, 11) is -1.66. The molecule has 11 heteroatoms. The molecule has 0 aliphatic carbocycles. The van der Waals surface area contributed by atoms with Gasteiger partial charge in [-0.15, -0.1) is 0 Å². The highest BCUT2D eigenvalue weighted by molar-refractivity contribution is 7.90. The summed E-state index contributed by atoms with van der Waals surface area (Å²) in [5, 5.41) is 10.1. The zero-order chi connectivity index (χ0) is 19.6. The molecule has 0 saturated heterocycles. The summed E-state index contributed by atoms with van der Waals surface area (Å²) < 4.78 is 38.9. The van der Waals surface area contributed by atoms with Gasteiger partial charge in [0.1, 0.15) is 10.8 Å². The molecule has 0 atom stereocenters. The van der Waals surface area contributed by atoms with Crippen LogP contribution in [0.25, 0.3) is 0 Å². The van der Waals surface area contributed by atoms with E-state index in [0.717, 1.165) is 12.3 Å². The minimum absolute atomic E-state index is 0.00173. The third-order valence-corrected chi connectivity index (χ3v) is 4.98. The molecule has 2 aromatic heterocycles. The molecular formula is C16H16ClFN6O2S. The molecule has 0 spiro atoms. The minimum Gasteiger partial charge on any atom is -0.364 e. The van der Waals surface area contributed by atoms with Crippen molar-refractivity contribution in [1.82, 2.24) is 19.7 Å². The maximum atomic E-state index is 14.0. The normalized spacial score (nSPS) is 11.4. The molecule has 0 aliphatic rings. The Hall–Kier alpha value is -2.72. The van der Waals surface area contributed by atoms with E-state index in [1.807, 2.05) is 0 Å². The maximum Gasteiger partial charge on any atom is 0.229 e. The number of benzene rings is 1. The summed E-state index contributed by atoms with van der Waals surface area (Å²) in [6.45, 7) is -0.00173. The predicted octanol–water partition coefficient (Wildman–Crippen LogP) is 2.76. The number of nitrogens with one attached hydrogen (secondary N) is 2. The minimum atomic E-state index is -3.44. The van der Waals surface area contributed by atoms with Crippen LogP contribution < -0.4 is 10.6 Å². The van der Waals surface area contributed by atoms with Crippen molar-refractivity contribution < 1.29 is 12.8 Å². The molecule has 8 nitrogen and oxygen atoms in total. The standard InChI is InChI=1S/C16H16ClFN6O2S/c1-24-9-11(7-21-24)22-16-20-8-13(17)15(23-16)19-6-10-5-12(27(2,25)26)3-4-14(10)18/h3-5,7-9H,6H2,1-2H3,(H2,19,20,22,23). The number of sulfone groups is 1. The number of hydrogen-bond donors (Lipinski definition) is 2. The van der Waals surface area contributed by atoms with Crippen molar-refractivity contribution >= 4 is 38.9 Å². The van der Waals surface area contributed by atoms with Gasteiger partial charge in [-0.1, -0.05) is 11.6 Å². The van der Waals surface area contributed by atoms with E-state index in [1.165, 1.54) is 18.3 Å². The molecular weight excluding hydrogens is 395 g/mol. The fourth-order valence-electron chi connectivity index (χ4n) is 2.26. The van der Waals surface area contributed by atoms with E-state index < -0.39 is 15.7 Å². The molecule has 2 N–H and O–H groups in total. The van der Waals surface area contributed by atoms with Gasteiger partial charge in [0.25, 0.3) is 0 Å². The van der Waals surface area contributed by atoms with Crippen molar-refractivity contribution in [3.8, 4) is 0 Å². The number of hydrogen-bond acceptors (Lipinski definition) is 7. The van der Waals surface area contributed by atoms with Gasteiger partial charge in [-0.2, -0.15) is 10.1 Å². The lowest BCUT2D eigenvalue weighted by atomic mass is 10.2. The van der Waals surface area contributed by atoms with Gasteiger partial charge in [-0.05, 0) is 18.2 Å². The lowest BCUT2D eigenvalue weighted by Crippen LogP contribution is -2.07. The van der Waals surface area contributed by atoms with Gasteiger partial charge in [-0.3, -0.25) is 4.68 Å². The number of rotatable bonds is 6. The Bertz CT molecular complexity index is 1090. The maximum absolute atomic E-state index is 14.0. The van der Waals surface area contributed by atoms with Crippen LogP contribution >= 0.6 is 11.6 Å². The van der Waals surface area contributed by atoms with Crippen molar-refractivity contribution in [2.75, 3.05) is 16.9 Å². The van der Waals surface area contributed by atoms with E-state index >= 15 is 0 Å². The monoisotopic (exact) mass is 410 g/mol. The quantitative estimate of drug-likeness (QED) is 0.602. The number of aryl methyl sites for hydroxylation is 1. The molecule has 2 heterocycles. The Balaban J connectivity index is 1.79. The van der Waals surface area contributed by atoms with Crippen LogP contribution in [-0.4, -0.2) is 34.4 Å². The Kier molecular flexibility index (Phi) is 5.29. The van der Waals surface area contributed by atoms with Gasteiger partial charge in [-0.25, -0.2) is 17.8 Å². The highest BCUT2D eigenvalue weighted by atomic mass is 35.5. The molecule has 3 rings (SSSR count). The predicted molar refractivity (Wildman–Crippen MR) is 100 cm³/mol. The molecule has 0 fully saturated rings. The van der Waals surface area contributed by atoms with E-state index in [1.54, 1.807) is 24.1 Å². The first-order valence-corrected chi connectivity index (χ1v) is 10.00. The Labute approximate surface area is 160 Å². The number of nitrogens with zero attached hydrogens (tertiary/aromatic N) is 4. The lowest BCUT2D eigenvalue weighted by Gasteiger charge is -2.11. The van der Waals surface area contributed by atoms with Gasteiger partial charge < -0.3 is 10.6 Å². The van der Waals surface area contributed by atoms with Crippen molar-refractivity contribution in [1.29, 1.82) is 0 Å². The zero-order valence-corrected chi connectivity index (χ0v) is 16.0. The van der Waals surface area contributed by atoms with Crippen LogP contribution in [0.1, 0.15) is 5.56 Å².